The predicted molar refractivity (Wildman–Crippen MR) is 75.1 cm³/mol. The number of alkyl halides is 3. The van der Waals surface area contributed by atoms with Crippen LogP contribution < -0.4 is 5.32 Å². The number of thiazole rings is 1. The van der Waals surface area contributed by atoms with Crippen LogP contribution in [0.5, 0.6) is 0 Å². The van der Waals surface area contributed by atoms with Gasteiger partial charge in [0.1, 0.15) is 0 Å². The number of rotatable bonds is 5. The van der Waals surface area contributed by atoms with Crippen molar-refractivity contribution in [2.24, 2.45) is 5.41 Å². The number of nitrogens with zero attached hydrogens (tertiary/aromatic N) is 2. The van der Waals surface area contributed by atoms with E-state index < -0.39 is 11.9 Å². The summed E-state index contributed by atoms with van der Waals surface area (Å²) in [4.78, 5) is 5.77. The van der Waals surface area contributed by atoms with Gasteiger partial charge in [0.2, 0.25) is 0 Å². The van der Waals surface area contributed by atoms with Gasteiger partial charge in [-0.15, -0.1) is 11.3 Å². The Kier molecular flexibility index (Phi) is 4.59. The molecule has 0 aliphatic heterocycles. The first kappa shape index (κ1) is 15.6. The lowest BCUT2D eigenvalue weighted by Gasteiger charge is -2.32. The maximum atomic E-state index is 12.5. The normalized spacial score (nSPS) is 18.7. The van der Waals surface area contributed by atoms with Crippen molar-refractivity contribution in [3.05, 3.63) is 11.1 Å². The summed E-state index contributed by atoms with van der Waals surface area (Å²) in [6.45, 7) is 1.65. The second-order valence-electron chi connectivity index (χ2n) is 5.83. The summed E-state index contributed by atoms with van der Waals surface area (Å²) < 4.78 is 37.5. The molecule has 114 valence electrons. The molecule has 1 aromatic rings. The van der Waals surface area contributed by atoms with E-state index in [1.165, 1.54) is 12.8 Å². The van der Waals surface area contributed by atoms with Gasteiger partial charge in [0.25, 0.3) is 0 Å². The summed E-state index contributed by atoms with van der Waals surface area (Å²) >= 11 is 1.02. The van der Waals surface area contributed by atoms with Gasteiger partial charge in [0.15, 0.2) is 10.8 Å². The standard InChI is InChI=1S/C13H20F3N3S/c1-19(2)9-12(5-3-4-6-12)8-17-11-18-10(7-20-11)13(14,15)16/h7H,3-6,8-9H2,1-2H3,(H,17,18). The fourth-order valence-electron chi connectivity index (χ4n) is 2.93. The van der Waals surface area contributed by atoms with Gasteiger partial charge < -0.3 is 10.2 Å². The van der Waals surface area contributed by atoms with Crippen molar-refractivity contribution in [1.29, 1.82) is 0 Å². The van der Waals surface area contributed by atoms with E-state index in [1.54, 1.807) is 0 Å². The second kappa shape index (κ2) is 5.89. The molecule has 1 N–H and O–H groups in total. The molecule has 2 rings (SSSR count). The fourth-order valence-corrected chi connectivity index (χ4v) is 3.65. The number of hydrogen-bond acceptors (Lipinski definition) is 4. The highest BCUT2D eigenvalue weighted by molar-refractivity contribution is 7.13. The first-order chi connectivity index (χ1) is 9.31. The van der Waals surface area contributed by atoms with Crippen LogP contribution in [0.15, 0.2) is 5.38 Å². The van der Waals surface area contributed by atoms with Crippen molar-refractivity contribution in [2.75, 3.05) is 32.5 Å². The Morgan fingerprint density at radius 2 is 2.00 bits per heavy atom. The zero-order chi connectivity index (χ0) is 14.8. The van der Waals surface area contributed by atoms with Crippen molar-refractivity contribution < 1.29 is 13.2 Å². The molecule has 0 aromatic carbocycles. The van der Waals surface area contributed by atoms with E-state index in [1.807, 2.05) is 14.1 Å². The van der Waals surface area contributed by atoms with Gasteiger partial charge in [0.05, 0.1) is 0 Å². The second-order valence-corrected chi connectivity index (χ2v) is 6.69. The minimum Gasteiger partial charge on any atom is -0.361 e. The first-order valence-electron chi connectivity index (χ1n) is 6.72. The molecule has 0 saturated heterocycles. The van der Waals surface area contributed by atoms with Crippen LogP contribution in [-0.4, -0.2) is 37.1 Å². The molecule has 0 unspecified atom stereocenters. The van der Waals surface area contributed by atoms with Gasteiger partial charge in [0, 0.05) is 23.9 Å². The molecule has 7 heteroatoms. The lowest BCUT2D eigenvalue weighted by atomic mass is 9.85. The van der Waals surface area contributed by atoms with E-state index in [4.69, 9.17) is 0 Å². The average Bonchev–Trinajstić information content (AvgIpc) is 2.93. The van der Waals surface area contributed by atoms with Crippen LogP contribution in [0.2, 0.25) is 0 Å². The van der Waals surface area contributed by atoms with E-state index in [2.05, 4.69) is 15.2 Å². The summed E-state index contributed by atoms with van der Waals surface area (Å²) in [6.07, 6.45) is 0.277. The van der Waals surface area contributed by atoms with Gasteiger partial charge in [-0.25, -0.2) is 4.98 Å². The molecule has 1 saturated carbocycles. The average molecular weight is 307 g/mol. The summed E-state index contributed by atoms with van der Waals surface area (Å²) in [6, 6.07) is 0. The summed E-state index contributed by atoms with van der Waals surface area (Å²) in [7, 11) is 4.07. The summed E-state index contributed by atoms with van der Waals surface area (Å²) in [5, 5.41) is 4.53. The monoisotopic (exact) mass is 307 g/mol. The number of aromatic nitrogens is 1. The Bertz CT molecular complexity index is 436. The summed E-state index contributed by atoms with van der Waals surface area (Å²) in [5.74, 6) is 0. The van der Waals surface area contributed by atoms with Crippen LogP contribution in [0.1, 0.15) is 31.4 Å². The SMILES string of the molecule is CN(C)CC1(CNc2nc(C(F)(F)F)cs2)CCCC1. The van der Waals surface area contributed by atoms with Gasteiger partial charge in [-0.3, -0.25) is 0 Å². The zero-order valence-corrected chi connectivity index (χ0v) is 12.6. The zero-order valence-electron chi connectivity index (χ0n) is 11.8. The smallest absolute Gasteiger partial charge is 0.361 e. The van der Waals surface area contributed by atoms with Gasteiger partial charge in [-0.1, -0.05) is 12.8 Å². The van der Waals surface area contributed by atoms with E-state index in [0.29, 0.717) is 11.7 Å². The van der Waals surface area contributed by atoms with Crippen LogP contribution in [0.25, 0.3) is 0 Å². The molecule has 1 aliphatic carbocycles. The van der Waals surface area contributed by atoms with Crippen LogP contribution >= 0.6 is 11.3 Å². The Balaban J connectivity index is 1.97. The molecule has 0 spiro atoms. The Morgan fingerprint density at radius 3 is 2.50 bits per heavy atom. The van der Waals surface area contributed by atoms with E-state index in [9.17, 15) is 13.2 Å². The highest BCUT2D eigenvalue weighted by Gasteiger charge is 2.36. The third kappa shape index (κ3) is 3.85. The van der Waals surface area contributed by atoms with E-state index in [0.717, 1.165) is 36.1 Å². The van der Waals surface area contributed by atoms with Crippen molar-refractivity contribution in [3.8, 4) is 0 Å². The molecule has 1 fully saturated rings. The molecular weight excluding hydrogens is 287 g/mol. The quantitative estimate of drug-likeness (QED) is 0.899. The van der Waals surface area contributed by atoms with Crippen LogP contribution in [0, 0.1) is 5.41 Å². The number of anilines is 1. The number of nitrogens with one attached hydrogen (secondary N) is 1. The Hall–Kier alpha value is -0.820. The molecular formula is C13H20F3N3S. The fraction of sp³-hybridized carbons (Fsp3) is 0.769. The van der Waals surface area contributed by atoms with Crippen molar-refractivity contribution >= 4 is 16.5 Å². The number of hydrogen-bond donors (Lipinski definition) is 1. The molecule has 1 aliphatic rings. The molecule has 0 radical (unpaired) electrons. The van der Waals surface area contributed by atoms with E-state index in [-0.39, 0.29) is 5.41 Å². The first-order valence-corrected chi connectivity index (χ1v) is 7.60. The van der Waals surface area contributed by atoms with Crippen LogP contribution in [0.4, 0.5) is 18.3 Å². The maximum Gasteiger partial charge on any atom is 0.434 e. The molecule has 0 bridgehead atoms. The maximum absolute atomic E-state index is 12.5. The van der Waals surface area contributed by atoms with Crippen molar-refractivity contribution in [1.82, 2.24) is 9.88 Å². The van der Waals surface area contributed by atoms with Crippen LogP contribution in [0.3, 0.4) is 0 Å². The summed E-state index contributed by atoms with van der Waals surface area (Å²) in [5.41, 5.74) is -0.647. The third-order valence-electron chi connectivity index (χ3n) is 3.73. The minimum atomic E-state index is -4.36. The highest BCUT2D eigenvalue weighted by Crippen LogP contribution is 2.39. The molecule has 1 aromatic heterocycles. The predicted octanol–water partition coefficient (Wildman–Crippen LogP) is 3.70. The molecule has 0 atom stereocenters. The van der Waals surface area contributed by atoms with Gasteiger partial charge in [-0.2, -0.15) is 13.2 Å². The Morgan fingerprint density at radius 1 is 1.35 bits per heavy atom. The van der Waals surface area contributed by atoms with Crippen LogP contribution in [-0.2, 0) is 6.18 Å². The van der Waals surface area contributed by atoms with E-state index >= 15 is 0 Å². The largest absolute Gasteiger partial charge is 0.434 e. The lowest BCUT2D eigenvalue weighted by Crippen LogP contribution is -2.37. The molecule has 3 nitrogen and oxygen atoms in total. The minimum absolute atomic E-state index is 0.160. The third-order valence-corrected chi connectivity index (χ3v) is 4.53. The Labute approximate surface area is 121 Å². The highest BCUT2D eigenvalue weighted by atomic mass is 32.1. The lowest BCUT2D eigenvalue weighted by molar-refractivity contribution is -0.140. The van der Waals surface area contributed by atoms with Gasteiger partial charge in [-0.05, 0) is 26.9 Å². The molecule has 20 heavy (non-hydrogen) atoms. The number of halogens is 3. The van der Waals surface area contributed by atoms with Gasteiger partial charge >= 0.3 is 6.18 Å². The topological polar surface area (TPSA) is 28.2 Å². The van der Waals surface area contributed by atoms with Crippen molar-refractivity contribution in [2.45, 2.75) is 31.9 Å². The molecule has 1 heterocycles. The molecule has 0 amide bonds. The van der Waals surface area contributed by atoms with Crippen molar-refractivity contribution in [3.63, 3.8) is 0 Å².